The zero-order valence-electron chi connectivity index (χ0n) is 10.8. The maximum Gasteiger partial charge on any atom is 0.181 e. The molecule has 0 amide bonds. The Morgan fingerprint density at radius 3 is 3.11 bits per heavy atom. The lowest BCUT2D eigenvalue weighted by atomic mass is 10.1. The molecule has 3 rings (SSSR count). The lowest BCUT2D eigenvalue weighted by Crippen LogP contribution is -2.19. The van der Waals surface area contributed by atoms with Gasteiger partial charge in [-0.1, -0.05) is 12.1 Å². The summed E-state index contributed by atoms with van der Waals surface area (Å²) in [4.78, 5) is 3.95. The molecule has 0 aliphatic carbocycles. The third-order valence-electron chi connectivity index (χ3n) is 3.40. The molecule has 0 spiro atoms. The summed E-state index contributed by atoms with van der Waals surface area (Å²) in [6.45, 7) is 1.73. The van der Waals surface area contributed by atoms with Gasteiger partial charge in [-0.3, -0.25) is 0 Å². The molecular formula is C15H18N2O2. The summed E-state index contributed by atoms with van der Waals surface area (Å²) >= 11 is 0. The van der Waals surface area contributed by atoms with Gasteiger partial charge in [0, 0.05) is 30.5 Å². The first kappa shape index (κ1) is 12.2. The molecular weight excluding hydrogens is 240 g/mol. The zero-order chi connectivity index (χ0) is 12.9. The van der Waals surface area contributed by atoms with Gasteiger partial charge in [0.05, 0.1) is 6.20 Å². The average Bonchev–Trinajstić information content (AvgIpc) is 2.86. The highest BCUT2D eigenvalue weighted by Crippen LogP contribution is 2.23. The lowest BCUT2D eigenvalue weighted by molar-refractivity contribution is 0.144. The topological polar surface area (TPSA) is 47.3 Å². The first-order chi connectivity index (χ1) is 9.42. The monoisotopic (exact) mass is 258 g/mol. The Balaban J connectivity index is 1.72. The summed E-state index contributed by atoms with van der Waals surface area (Å²) in [5.41, 5.74) is 2.17. The Kier molecular flexibility index (Phi) is 3.79. The molecule has 100 valence electrons. The van der Waals surface area contributed by atoms with Crippen LogP contribution in [0.25, 0.3) is 11.3 Å². The quantitative estimate of drug-likeness (QED) is 0.917. The van der Waals surface area contributed by atoms with E-state index in [0.717, 1.165) is 49.5 Å². The van der Waals surface area contributed by atoms with Crippen molar-refractivity contribution >= 4 is 5.69 Å². The van der Waals surface area contributed by atoms with Gasteiger partial charge in [0.25, 0.3) is 0 Å². The number of rotatable bonds is 3. The molecule has 4 nitrogen and oxygen atoms in total. The standard InChI is InChI=1S/C15H18N2O2/c1-3-12(15-10-16-11-19-15)9-14(4-1)17-13-5-2-7-18-8-6-13/h1,3-4,9-11,13,17H,2,5-8H2. The summed E-state index contributed by atoms with van der Waals surface area (Å²) in [7, 11) is 0. The van der Waals surface area contributed by atoms with Gasteiger partial charge >= 0.3 is 0 Å². The summed E-state index contributed by atoms with van der Waals surface area (Å²) < 4.78 is 10.8. The average molecular weight is 258 g/mol. The molecule has 4 heteroatoms. The van der Waals surface area contributed by atoms with Crippen molar-refractivity contribution in [1.82, 2.24) is 4.98 Å². The maximum atomic E-state index is 5.48. The van der Waals surface area contributed by atoms with Crippen molar-refractivity contribution in [1.29, 1.82) is 0 Å². The van der Waals surface area contributed by atoms with Crippen molar-refractivity contribution < 1.29 is 9.15 Å². The predicted octanol–water partition coefficient (Wildman–Crippen LogP) is 3.32. The SMILES string of the molecule is c1cc(NC2CCCOCC2)cc(-c2cnco2)c1. The number of ether oxygens (including phenoxy) is 1. The van der Waals surface area contributed by atoms with Crippen molar-refractivity contribution in [2.24, 2.45) is 0 Å². The molecule has 0 radical (unpaired) electrons. The summed E-state index contributed by atoms with van der Waals surface area (Å²) in [5, 5.41) is 3.58. The fourth-order valence-corrected chi connectivity index (χ4v) is 2.40. The Labute approximate surface area is 112 Å². The second kappa shape index (κ2) is 5.89. The molecule has 0 saturated carbocycles. The highest BCUT2D eigenvalue weighted by Gasteiger charge is 2.12. The van der Waals surface area contributed by atoms with Gasteiger partial charge in [-0.2, -0.15) is 0 Å². The van der Waals surface area contributed by atoms with Crippen LogP contribution in [0.5, 0.6) is 0 Å². The molecule has 2 heterocycles. The normalized spacial score (nSPS) is 19.9. The number of nitrogens with one attached hydrogen (secondary N) is 1. The van der Waals surface area contributed by atoms with Crippen molar-refractivity contribution in [2.45, 2.75) is 25.3 Å². The Morgan fingerprint density at radius 2 is 2.21 bits per heavy atom. The van der Waals surface area contributed by atoms with Crippen molar-refractivity contribution in [2.75, 3.05) is 18.5 Å². The van der Waals surface area contributed by atoms with E-state index >= 15 is 0 Å². The lowest BCUT2D eigenvalue weighted by Gasteiger charge is -2.17. The minimum Gasteiger partial charge on any atom is -0.444 e. The van der Waals surface area contributed by atoms with Crippen LogP contribution in [0.4, 0.5) is 5.69 Å². The summed E-state index contributed by atoms with van der Waals surface area (Å²) in [6.07, 6.45) is 6.54. The molecule has 0 bridgehead atoms. The van der Waals surface area contributed by atoms with Crippen molar-refractivity contribution in [3.63, 3.8) is 0 Å². The van der Waals surface area contributed by atoms with Gasteiger partial charge < -0.3 is 14.5 Å². The van der Waals surface area contributed by atoms with Gasteiger partial charge in [-0.15, -0.1) is 0 Å². The van der Waals surface area contributed by atoms with Crippen LogP contribution in [0.3, 0.4) is 0 Å². The van der Waals surface area contributed by atoms with Gasteiger partial charge in [-0.25, -0.2) is 4.98 Å². The van der Waals surface area contributed by atoms with Crippen LogP contribution < -0.4 is 5.32 Å². The van der Waals surface area contributed by atoms with Gasteiger partial charge in [0.2, 0.25) is 0 Å². The number of nitrogens with zero attached hydrogens (tertiary/aromatic N) is 1. The van der Waals surface area contributed by atoms with Crippen LogP contribution in [0.1, 0.15) is 19.3 Å². The number of hydrogen-bond acceptors (Lipinski definition) is 4. The Bertz CT molecular complexity index is 503. The second-order valence-corrected chi connectivity index (χ2v) is 4.83. The van der Waals surface area contributed by atoms with E-state index in [-0.39, 0.29) is 0 Å². The molecule has 1 aromatic carbocycles. The van der Waals surface area contributed by atoms with Crippen LogP contribution in [0.15, 0.2) is 41.3 Å². The number of oxazole rings is 1. The van der Waals surface area contributed by atoms with E-state index in [4.69, 9.17) is 9.15 Å². The third kappa shape index (κ3) is 3.15. The van der Waals surface area contributed by atoms with E-state index in [2.05, 4.69) is 22.4 Å². The Hall–Kier alpha value is -1.81. The number of aromatic nitrogens is 1. The van der Waals surface area contributed by atoms with E-state index < -0.39 is 0 Å². The van der Waals surface area contributed by atoms with Gasteiger partial charge in [-0.05, 0) is 31.4 Å². The second-order valence-electron chi connectivity index (χ2n) is 4.83. The fraction of sp³-hybridized carbons (Fsp3) is 0.400. The smallest absolute Gasteiger partial charge is 0.181 e. The third-order valence-corrected chi connectivity index (χ3v) is 3.40. The molecule has 1 aromatic heterocycles. The summed E-state index contributed by atoms with van der Waals surface area (Å²) in [5.74, 6) is 0.799. The van der Waals surface area contributed by atoms with Crippen LogP contribution in [0, 0.1) is 0 Å². The Morgan fingerprint density at radius 1 is 1.21 bits per heavy atom. The van der Waals surface area contributed by atoms with E-state index in [0.29, 0.717) is 6.04 Å². The highest BCUT2D eigenvalue weighted by molar-refractivity contribution is 5.63. The molecule has 2 aromatic rings. The minimum atomic E-state index is 0.493. The van der Waals surface area contributed by atoms with Crippen LogP contribution in [0.2, 0.25) is 0 Å². The number of anilines is 1. The molecule has 1 fully saturated rings. The van der Waals surface area contributed by atoms with E-state index in [1.54, 1.807) is 6.20 Å². The number of benzene rings is 1. The first-order valence-corrected chi connectivity index (χ1v) is 6.75. The van der Waals surface area contributed by atoms with Crippen LogP contribution in [-0.2, 0) is 4.74 Å². The van der Waals surface area contributed by atoms with Crippen molar-refractivity contribution in [3.05, 3.63) is 36.9 Å². The molecule has 1 atom stereocenters. The van der Waals surface area contributed by atoms with E-state index in [9.17, 15) is 0 Å². The highest BCUT2D eigenvalue weighted by atomic mass is 16.5. The summed E-state index contributed by atoms with van der Waals surface area (Å²) in [6, 6.07) is 8.75. The molecule has 1 N–H and O–H groups in total. The van der Waals surface area contributed by atoms with Gasteiger partial charge in [0.1, 0.15) is 0 Å². The number of hydrogen-bond donors (Lipinski definition) is 1. The van der Waals surface area contributed by atoms with Crippen LogP contribution >= 0.6 is 0 Å². The molecule has 1 aliphatic rings. The van der Waals surface area contributed by atoms with E-state index in [1.807, 2.05) is 12.1 Å². The van der Waals surface area contributed by atoms with Crippen LogP contribution in [-0.4, -0.2) is 24.2 Å². The largest absolute Gasteiger partial charge is 0.444 e. The maximum absolute atomic E-state index is 5.48. The minimum absolute atomic E-state index is 0.493. The molecule has 19 heavy (non-hydrogen) atoms. The van der Waals surface area contributed by atoms with Crippen molar-refractivity contribution in [3.8, 4) is 11.3 Å². The predicted molar refractivity (Wildman–Crippen MR) is 74.0 cm³/mol. The molecule has 1 aliphatic heterocycles. The fourth-order valence-electron chi connectivity index (χ4n) is 2.40. The zero-order valence-corrected chi connectivity index (χ0v) is 10.8. The first-order valence-electron chi connectivity index (χ1n) is 6.75. The van der Waals surface area contributed by atoms with Gasteiger partial charge in [0.15, 0.2) is 12.2 Å². The molecule has 1 unspecified atom stereocenters. The molecule has 1 saturated heterocycles. The van der Waals surface area contributed by atoms with E-state index in [1.165, 1.54) is 6.39 Å².